The molecule has 1 aromatic heterocycles. The molecular formula is C18H24N4O. The van der Waals surface area contributed by atoms with Crippen LogP contribution in [0.25, 0.3) is 0 Å². The van der Waals surface area contributed by atoms with E-state index in [0.29, 0.717) is 12.0 Å². The lowest BCUT2D eigenvalue weighted by atomic mass is 10.2. The fourth-order valence-electron chi connectivity index (χ4n) is 3.02. The van der Waals surface area contributed by atoms with E-state index < -0.39 is 0 Å². The summed E-state index contributed by atoms with van der Waals surface area (Å²) >= 11 is 0. The highest BCUT2D eigenvalue weighted by atomic mass is 16.5. The van der Waals surface area contributed by atoms with Crippen LogP contribution in [0.4, 0.5) is 5.95 Å². The minimum atomic E-state index is 0.524. The van der Waals surface area contributed by atoms with Crippen LogP contribution in [-0.2, 0) is 17.8 Å². The first-order chi connectivity index (χ1) is 11.3. The minimum Gasteiger partial charge on any atom is -0.383 e. The molecule has 1 aromatic carbocycles. The van der Waals surface area contributed by atoms with E-state index in [1.807, 2.05) is 30.6 Å². The maximum Gasteiger partial charge on any atom is 0.222 e. The van der Waals surface area contributed by atoms with Crippen molar-refractivity contribution < 1.29 is 4.74 Å². The molecule has 1 saturated heterocycles. The molecule has 122 valence electrons. The summed E-state index contributed by atoms with van der Waals surface area (Å²) < 4.78 is 5.30. The van der Waals surface area contributed by atoms with E-state index in [0.717, 1.165) is 31.8 Å². The third-order valence-corrected chi connectivity index (χ3v) is 4.24. The van der Waals surface area contributed by atoms with Gasteiger partial charge in [-0.25, -0.2) is 9.97 Å². The van der Waals surface area contributed by atoms with Gasteiger partial charge in [-0.3, -0.25) is 4.90 Å². The summed E-state index contributed by atoms with van der Waals surface area (Å²) in [4.78, 5) is 11.3. The second-order valence-corrected chi connectivity index (χ2v) is 5.98. The SMILES string of the molecule is COCC1CCCN1Cc1cnc(NCc2ccccc2)nc1. The van der Waals surface area contributed by atoms with Crippen molar-refractivity contribution in [3.8, 4) is 0 Å². The van der Waals surface area contributed by atoms with Gasteiger partial charge in [0.25, 0.3) is 0 Å². The molecule has 1 N–H and O–H groups in total. The number of aromatic nitrogens is 2. The molecule has 0 amide bonds. The van der Waals surface area contributed by atoms with E-state index in [9.17, 15) is 0 Å². The number of anilines is 1. The van der Waals surface area contributed by atoms with Gasteiger partial charge in [0.2, 0.25) is 5.95 Å². The first kappa shape index (κ1) is 15.9. The first-order valence-electron chi connectivity index (χ1n) is 8.17. The van der Waals surface area contributed by atoms with Crippen molar-refractivity contribution in [1.29, 1.82) is 0 Å². The zero-order valence-electron chi connectivity index (χ0n) is 13.6. The molecule has 1 atom stereocenters. The molecule has 2 aromatic rings. The Hall–Kier alpha value is -1.98. The summed E-state index contributed by atoms with van der Waals surface area (Å²) in [5.74, 6) is 0.674. The van der Waals surface area contributed by atoms with E-state index in [2.05, 4.69) is 32.3 Å². The molecule has 0 spiro atoms. The Labute approximate surface area is 137 Å². The first-order valence-corrected chi connectivity index (χ1v) is 8.17. The van der Waals surface area contributed by atoms with Crippen molar-refractivity contribution in [3.63, 3.8) is 0 Å². The Kier molecular flexibility index (Phi) is 5.56. The van der Waals surface area contributed by atoms with E-state index in [1.165, 1.54) is 18.4 Å². The van der Waals surface area contributed by atoms with Gasteiger partial charge in [0.1, 0.15) is 0 Å². The lowest BCUT2D eigenvalue weighted by molar-refractivity contribution is 0.112. The molecule has 5 heteroatoms. The fraction of sp³-hybridized carbons (Fsp3) is 0.444. The van der Waals surface area contributed by atoms with Crippen molar-refractivity contribution in [1.82, 2.24) is 14.9 Å². The highest BCUT2D eigenvalue weighted by molar-refractivity contribution is 5.27. The smallest absolute Gasteiger partial charge is 0.222 e. The van der Waals surface area contributed by atoms with Crippen LogP contribution in [0.3, 0.4) is 0 Å². The Balaban J connectivity index is 1.52. The van der Waals surface area contributed by atoms with Crippen LogP contribution in [0.1, 0.15) is 24.0 Å². The number of rotatable bonds is 7. The number of hydrogen-bond acceptors (Lipinski definition) is 5. The summed E-state index contributed by atoms with van der Waals surface area (Å²) in [7, 11) is 1.77. The maximum atomic E-state index is 5.30. The molecule has 3 rings (SSSR count). The molecule has 0 aliphatic carbocycles. The average molecular weight is 312 g/mol. The molecule has 0 saturated carbocycles. The van der Waals surface area contributed by atoms with Crippen LogP contribution in [0, 0.1) is 0 Å². The summed E-state index contributed by atoms with van der Waals surface area (Å²) in [6.07, 6.45) is 6.29. The normalized spacial score (nSPS) is 18.2. The summed E-state index contributed by atoms with van der Waals surface area (Å²) in [5.41, 5.74) is 2.37. The molecule has 0 bridgehead atoms. The Morgan fingerprint density at radius 2 is 1.96 bits per heavy atom. The lowest BCUT2D eigenvalue weighted by Gasteiger charge is -2.23. The zero-order valence-corrected chi connectivity index (χ0v) is 13.6. The number of likely N-dealkylation sites (tertiary alicyclic amines) is 1. The van der Waals surface area contributed by atoms with E-state index in [-0.39, 0.29) is 0 Å². The standard InChI is InChI=1S/C18H24N4O/c1-23-14-17-8-5-9-22(17)13-16-11-20-18(21-12-16)19-10-15-6-3-2-4-7-15/h2-4,6-7,11-12,17H,5,8-10,13-14H2,1H3,(H,19,20,21). The van der Waals surface area contributed by atoms with Gasteiger partial charge in [0.15, 0.2) is 0 Å². The van der Waals surface area contributed by atoms with Crippen LogP contribution >= 0.6 is 0 Å². The Morgan fingerprint density at radius 3 is 2.70 bits per heavy atom. The van der Waals surface area contributed by atoms with E-state index >= 15 is 0 Å². The van der Waals surface area contributed by atoms with Crippen molar-refractivity contribution in [2.45, 2.75) is 32.0 Å². The zero-order chi connectivity index (χ0) is 15.9. The number of benzene rings is 1. The third kappa shape index (κ3) is 4.50. The van der Waals surface area contributed by atoms with Gasteiger partial charge in [0.05, 0.1) is 6.61 Å². The number of ether oxygens (including phenoxy) is 1. The van der Waals surface area contributed by atoms with Crippen molar-refractivity contribution in [2.24, 2.45) is 0 Å². The highest BCUT2D eigenvalue weighted by Gasteiger charge is 2.24. The number of methoxy groups -OCH3 is 1. The van der Waals surface area contributed by atoms with Gasteiger partial charge < -0.3 is 10.1 Å². The van der Waals surface area contributed by atoms with Crippen LogP contribution in [-0.4, -0.2) is 41.2 Å². The van der Waals surface area contributed by atoms with Gasteiger partial charge in [0, 0.05) is 44.2 Å². The predicted octanol–water partition coefficient (Wildman–Crippen LogP) is 2.70. The molecule has 0 radical (unpaired) electrons. The Morgan fingerprint density at radius 1 is 1.17 bits per heavy atom. The molecule has 1 aliphatic rings. The summed E-state index contributed by atoms with van der Waals surface area (Å²) in [5, 5.41) is 3.26. The predicted molar refractivity (Wildman–Crippen MR) is 91.1 cm³/mol. The summed E-state index contributed by atoms with van der Waals surface area (Å²) in [6.45, 7) is 3.56. The van der Waals surface area contributed by atoms with Crippen LogP contribution in [0.2, 0.25) is 0 Å². The molecule has 1 unspecified atom stereocenters. The maximum absolute atomic E-state index is 5.30. The Bertz CT molecular complexity index is 588. The second-order valence-electron chi connectivity index (χ2n) is 5.98. The van der Waals surface area contributed by atoms with Crippen molar-refractivity contribution >= 4 is 5.95 Å². The van der Waals surface area contributed by atoms with Gasteiger partial charge in [-0.2, -0.15) is 0 Å². The fourth-order valence-corrected chi connectivity index (χ4v) is 3.02. The molecule has 2 heterocycles. The monoisotopic (exact) mass is 312 g/mol. The summed E-state index contributed by atoms with van der Waals surface area (Å²) in [6, 6.07) is 10.8. The third-order valence-electron chi connectivity index (χ3n) is 4.24. The number of nitrogens with zero attached hydrogens (tertiary/aromatic N) is 3. The molecule has 5 nitrogen and oxygen atoms in total. The van der Waals surface area contributed by atoms with Crippen molar-refractivity contribution in [2.75, 3.05) is 25.6 Å². The van der Waals surface area contributed by atoms with E-state index in [1.54, 1.807) is 7.11 Å². The second kappa shape index (κ2) is 8.04. The lowest BCUT2D eigenvalue weighted by Crippen LogP contribution is -2.32. The minimum absolute atomic E-state index is 0.524. The molecule has 23 heavy (non-hydrogen) atoms. The average Bonchev–Trinajstić information content (AvgIpc) is 3.03. The number of nitrogens with one attached hydrogen (secondary N) is 1. The number of hydrogen-bond donors (Lipinski definition) is 1. The van der Waals surface area contributed by atoms with Gasteiger partial charge in [-0.1, -0.05) is 30.3 Å². The van der Waals surface area contributed by atoms with Crippen LogP contribution in [0.15, 0.2) is 42.7 Å². The van der Waals surface area contributed by atoms with Gasteiger partial charge in [-0.15, -0.1) is 0 Å². The van der Waals surface area contributed by atoms with Crippen LogP contribution in [0.5, 0.6) is 0 Å². The molecular weight excluding hydrogens is 288 g/mol. The largest absolute Gasteiger partial charge is 0.383 e. The van der Waals surface area contributed by atoms with Crippen LogP contribution < -0.4 is 5.32 Å². The molecule has 1 fully saturated rings. The van der Waals surface area contributed by atoms with Crippen molar-refractivity contribution in [3.05, 3.63) is 53.9 Å². The molecule has 1 aliphatic heterocycles. The highest BCUT2D eigenvalue weighted by Crippen LogP contribution is 2.20. The van der Waals surface area contributed by atoms with Gasteiger partial charge in [-0.05, 0) is 24.9 Å². The quantitative estimate of drug-likeness (QED) is 0.852. The van der Waals surface area contributed by atoms with Gasteiger partial charge >= 0.3 is 0 Å². The van der Waals surface area contributed by atoms with E-state index in [4.69, 9.17) is 4.74 Å². The topological polar surface area (TPSA) is 50.3 Å².